The molecule has 0 aliphatic carbocycles. The molecule has 1 fully saturated rings. The number of rotatable bonds is 13. The van der Waals surface area contributed by atoms with Gasteiger partial charge in [-0.05, 0) is 43.9 Å². The number of nitrogens with one attached hydrogen (secondary N) is 1. The SMILES string of the molecule is Cn1c2c(c(=O)n(CCCOC3CCCCO3)c1=O)NC(Oc1cccc(OC(F)(F)F)c1)N2COCC[Si](C)(C)C. The van der Waals surface area contributed by atoms with E-state index in [0.29, 0.717) is 26.2 Å². The minimum absolute atomic E-state index is 0.0279. The molecule has 4 rings (SSSR count). The number of benzene rings is 1. The van der Waals surface area contributed by atoms with Crippen molar-refractivity contribution in [2.45, 2.75) is 76.9 Å². The number of nitrogens with zero attached hydrogens (tertiary/aromatic N) is 3. The summed E-state index contributed by atoms with van der Waals surface area (Å²) < 4.78 is 68.0. The van der Waals surface area contributed by atoms with Crippen LogP contribution in [0.4, 0.5) is 24.7 Å². The van der Waals surface area contributed by atoms with Crippen LogP contribution in [0.2, 0.25) is 25.7 Å². The first-order chi connectivity index (χ1) is 19.8. The Hall–Kier alpha value is -3.01. The number of anilines is 2. The summed E-state index contributed by atoms with van der Waals surface area (Å²) in [6.45, 7) is 8.17. The van der Waals surface area contributed by atoms with Crippen LogP contribution in [-0.4, -0.2) is 62.8 Å². The molecule has 234 valence electrons. The molecule has 1 saturated heterocycles. The van der Waals surface area contributed by atoms with Crippen molar-refractivity contribution in [2.24, 2.45) is 7.05 Å². The Bertz CT molecular complexity index is 1320. The lowest BCUT2D eigenvalue weighted by Gasteiger charge is -2.28. The quantitative estimate of drug-likeness (QED) is 0.261. The average molecular weight is 617 g/mol. The lowest BCUT2D eigenvalue weighted by atomic mass is 10.2. The molecule has 1 aromatic carbocycles. The number of fused-ring (bicyclic) bond motifs is 1. The van der Waals surface area contributed by atoms with Gasteiger partial charge in [0.05, 0.1) is 6.61 Å². The molecule has 42 heavy (non-hydrogen) atoms. The smallest absolute Gasteiger partial charge is 0.452 e. The van der Waals surface area contributed by atoms with Crippen LogP contribution in [0.25, 0.3) is 0 Å². The summed E-state index contributed by atoms with van der Waals surface area (Å²) in [4.78, 5) is 28.4. The molecule has 2 aliphatic heterocycles. The summed E-state index contributed by atoms with van der Waals surface area (Å²) >= 11 is 0. The fraction of sp³-hybridized carbons (Fsp3) is 0.630. The van der Waals surface area contributed by atoms with Crippen LogP contribution < -0.4 is 30.9 Å². The Balaban J connectivity index is 1.54. The standard InChI is InChI=1S/C27H39F3N4O7Si/c1-32-23-22(24(35)33(26(32)36)12-8-14-39-21-11-5-6-13-38-21)31-25(34(23)18-37-15-16-42(2,3)4)40-19-9-7-10-20(17-19)41-27(28,29)30/h7,9-10,17,21,25,31H,5-6,8,11-16,18H2,1-4H3. The fourth-order valence-corrected chi connectivity index (χ4v) is 5.40. The van der Waals surface area contributed by atoms with Gasteiger partial charge in [-0.3, -0.25) is 18.8 Å². The topological polar surface area (TPSA) is 105 Å². The van der Waals surface area contributed by atoms with Crippen molar-refractivity contribution in [2.75, 3.05) is 36.8 Å². The third-order valence-corrected chi connectivity index (χ3v) is 8.53. The van der Waals surface area contributed by atoms with Gasteiger partial charge in [0.1, 0.15) is 29.7 Å². The van der Waals surface area contributed by atoms with Gasteiger partial charge in [-0.15, -0.1) is 13.2 Å². The van der Waals surface area contributed by atoms with E-state index in [1.165, 1.54) is 16.7 Å². The molecule has 0 radical (unpaired) electrons. The summed E-state index contributed by atoms with van der Waals surface area (Å²) in [6, 6.07) is 5.95. The average Bonchev–Trinajstić information content (AvgIpc) is 3.27. The van der Waals surface area contributed by atoms with Crippen molar-refractivity contribution >= 4 is 19.6 Å². The molecule has 0 amide bonds. The van der Waals surface area contributed by atoms with Crippen LogP contribution >= 0.6 is 0 Å². The van der Waals surface area contributed by atoms with Crippen molar-refractivity contribution in [3.63, 3.8) is 0 Å². The Morgan fingerprint density at radius 3 is 2.57 bits per heavy atom. The van der Waals surface area contributed by atoms with Gasteiger partial charge in [0.2, 0.25) is 0 Å². The summed E-state index contributed by atoms with van der Waals surface area (Å²) in [5, 5.41) is 3.00. The molecule has 1 N–H and O–H groups in total. The van der Waals surface area contributed by atoms with Crippen molar-refractivity contribution in [1.82, 2.24) is 9.13 Å². The highest BCUT2D eigenvalue weighted by Gasteiger charge is 2.37. The van der Waals surface area contributed by atoms with Crippen molar-refractivity contribution in [3.8, 4) is 11.5 Å². The van der Waals surface area contributed by atoms with Crippen LogP contribution in [0.1, 0.15) is 25.7 Å². The fourth-order valence-electron chi connectivity index (χ4n) is 4.65. The zero-order valence-corrected chi connectivity index (χ0v) is 25.4. The molecule has 1 aromatic heterocycles. The largest absolute Gasteiger partial charge is 0.573 e. The third kappa shape index (κ3) is 8.52. The first-order valence-electron chi connectivity index (χ1n) is 14.0. The maximum Gasteiger partial charge on any atom is 0.573 e. The molecule has 0 bridgehead atoms. The third-order valence-electron chi connectivity index (χ3n) is 6.82. The van der Waals surface area contributed by atoms with Crippen LogP contribution in [-0.2, 0) is 27.8 Å². The van der Waals surface area contributed by atoms with Crippen LogP contribution in [0, 0.1) is 0 Å². The summed E-state index contributed by atoms with van der Waals surface area (Å²) in [5.74, 6) is -0.139. The molecule has 3 heterocycles. The number of aromatic nitrogens is 2. The maximum absolute atomic E-state index is 13.5. The van der Waals surface area contributed by atoms with Gasteiger partial charge in [0.15, 0.2) is 6.29 Å². The van der Waals surface area contributed by atoms with E-state index in [1.54, 1.807) is 11.9 Å². The molecule has 11 nitrogen and oxygen atoms in total. The molecular weight excluding hydrogens is 577 g/mol. The summed E-state index contributed by atoms with van der Waals surface area (Å²) in [7, 11) is 0.146. The van der Waals surface area contributed by atoms with Gasteiger partial charge < -0.3 is 29.0 Å². The van der Waals surface area contributed by atoms with E-state index in [2.05, 4.69) is 29.7 Å². The molecule has 0 spiro atoms. The monoisotopic (exact) mass is 616 g/mol. The summed E-state index contributed by atoms with van der Waals surface area (Å²) in [5.41, 5.74) is -0.952. The van der Waals surface area contributed by atoms with E-state index in [-0.39, 0.29) is 36.8 Å². The van der Waals surface area contributed by atoms with E-state index in [1.807, 2.05) is 0 Å². The van der Waals surface area contributed by atoms with Gasteiger partial charge >= 0.3 is 12.1 Å². The van der Waals surface area contributed by atoms with Gasteiger partial charge in [-0.2, -0.15) is 0 Å². The highest BCUT2D eigenvalue weighted by molar-refractivity contribution is 6.76. The van der Waals surface area contributed by atoms with Gasteiger partial charge in [0, 0.05) is 40.9 Å². The minimum atomic E-state index is -4.87. The molecule has 2 atom stereocenters. The maximum atomic E-state index is 13.5. The van der Waals surface area contributed by atoms with Crippen LogP contribution in [0.5, 0.6) is 11.5 Å². The van der Waals surface area contributed by atoms with Gasteiger partial charge in [-0.1, -0.05) is 25.7 Å². The van der Waals surface area contributed by atoms with Crippen molar-refractivity contribution in [1.29, 1.82) is 0 Å². The highest BCUT2D eigenvalue weighted by Crippen LogP contribution is 2.33. The first-order valence-corrected chi connectivity index (χ1v) is 17.7. The van der Waals surface area contributed by atoms with E-state index in [0.717, 1.165) is 42.0 Å². The number of halogens is 3. The van der Waals surface area contributed by atoms with Gasteiger partial charge in [0.25, 0.3) is 11.9 Å². The number of hydrogen-bond acceptors (Lipinski definition) is 9. The second kappa shape index (κ2) is 13.5. The molecule has 0 saturated carbocycles. The highest BCUT2D eigenvalue weighted by atomic mass is 28.3. The lowest BCUT2D eigenvalue weighted by Crippen LogP contribution is -2.44. The molecule has 15 heteroatoms. The van der Waals surface area contributed by atoms with Crippen LogP contribution in [0.15, 0.2) is 33.9 Å². The first kappa shape index (κ1) is 31.9. The molecule has 2 aromatic rings. The minimum Gasteiger partial charge on any atom is -0.452 e. The number of hydrogen-bond donors (Lipinski definition) is 1. The molecule has 2 aliphatic rings. The Morgan fingerprint density at radius 1 is 1.12 bits per heavy atom. The van der Waals surface area contributed by atoms with E-state index in [9.17, 15) is 22.8 Å². The van der Waals surface area contributed by atoms with Crippen molar-refractivity contribution < 1.29 is 36.9 Å². The second-order valence-corrected chi connectivity index (χ2v) is 17.1. The summed E-state index contributed by atoms with van der Waals surface area (Å²) in [6.07, 6.45) is -2.92. The molecular formula is C27H39F3N4O7Si. The number of alkyl halides is 3. The van der Waals surface area contributed by atoms with E-state index < -0.39 is 37.8 Å². The van der Waals surface area contributed by atoms with E-state index in [4.69, 9.17) is 18.9 Å². The van der Waals surface area contributed by atoms with E-state index >= 15 is 0 Å². The second-order valence-electron chi connectivity index (χ2n) is 11.5. The van der Waals surface area contributed by atoms with Crippen molar-refractivity contribution in [3.05, 3.63) is 45.1 Å². The normalized spacial score (nSPS) is 19.0. The number of ether oxygens (including phenoxy) is 5. The predicted molar refractivity (Wildman–Crippen MR) is 153 cm³/mol. The predicted octanol–water partition coefficient (Wildman–Crippen LogP) is 4.29. The van der Waals surface area contributed by atoms with Crippen LogP contribution in [0.3, 0.4) is 0 Å². The lowest BCUT2D eigenvalue weighted by molar-refractivity contribution is -0.274. The Kier molecular flexibility index (Phi) is 10.3. The van der Waals surface area contributed by atoms with Gasteiger partial charge in [-0.25, -0.2) is 4.79 Å². The Labute approximate surface area is 243 Å². The Morgan fingerprint density at radius 2 is 1.88 bits per heavy atom. The zero-order valence-electron chi connectivity index (χ0n) is 24.4. The molecule has 2 unspecified atom stereocenters. The zero-order chi connectivity index (χ0) is 30.5.